The van der Waals surface area contributed by atoms with E-state index in [0.29, 0.717) is 31.9 Å². The van der Waals surface area contributed by atoms with Crippen LogP contribution in [0.4, 0.5) is 5.82 Å². The summed E-state index contributed by atoms with van der Waals surface area (Å²) in [5, 5.41) is 12.1. The fourth-order valence-electron chi connectivity index (χ4n) is 2.55. The highest BCUT2D eigenvalue weighted by molar-refractivity contribution is 7.89. The van der Waals surface area contributed by atoms with Gasteiger partial charge in [0.15, 0.2) is 0 Å². The molecule has 0 aromatic carbocycles. The number of nitrogens with zero attached hydrogens (tertiary/aromatic N) is 2. The second-order valence-corrected chi connectivity index (χ2v) is 7.21. The van der Waals surface area contributed by atoms with E-state index in [1.807, 2.05) is 6.92 Å². The molecule has 2 heterocycles. The number of pyridine rings is 1. The third-order valence-electron chi connectivity index (χ3n) is 3.72. The molecule has 0 spiro atoms. The van der Waals surface area contributed by atoms with E-state index in [2.05, 4.69) is 10.3 Å². The number of aromatic nitrogens is 1. The minimum absolute atomic E-state index is 0.106. The Balaban J connectivity index is 2.20. The largest absolute Gasteiger partial charge is 0.396 e. The molecular formula is C14H23N3O3S. The molecule has 2 N–H and O–H groups in total. The van der Waals surface area contributed by atoms with Crippen LogP contribution in [-0.4, -0.2) is 49.1 Å². The van der Waals surface area contributed by atoms with Gasteiger partial charge in [0.2, 0.25) is 10.0 Å². The Hall–Kier alpha value is -1.18. The van der Waals surface area contributed by atoms with Crippen LogP contribution in [0.15, 0.2) is 23.2 Å². The van der Waals surface area contributed by atoms with Gasteiger partial charge in [0, 0.05) is 32.4 Å². The molecule has 1 aromatic rings. The average molecular weight is 313 g/mol. The van der Waals surface area contributed by atoms with E-state index in [-0.39, 0.29) is 17.4 Å². The molecule has 1 aliphatic heterocycles. The lowest BCUT2D eigenvalue weighted by molar-refractivity contribution is 0.259. The van der Waals surface area contributed by atoms with Crippen molar-refractivity contribution in [2.24, 2.45) is 5.92 Å². The maximum Gasteiger partial charge on any atom is 0.246 e. The Bertz CT molecular complexity index is 562. The summed E-state index contributed by atoms with van der Waals surface area (Å²) in [6, 6.07) is 3.24. The highest BCUT2D eigenvalue weighted by Crippen LogP contribution is 2.28. The summed E-state index contributed by atoms with van der Waals surface area (Å²) in [6.45, 7) is 3.80. The van der Waals surface area contributed by atoms with Crippen LogP contribution >= 0.6 is 0 Å². The zero-order valence-electron chi connectivity index (χ0n) is 12.3. The molecule has 0 aliphatic carbocycles. The van der Waals surface area contributed by atoms with Crippen LogP contribution in [0.1, 0.15) is 26.2 Å². The highest BCUT2D eigenvalue weighted by Gasteiger charge is 2.33. The second-order valence-electron chi connectivity index (χ2n) is 5.31. The molecule has 0 bridgehead atoms. The van der Waals surface area contributed by atoms with Gasteiger partial charge >= 0.3 is 0 Å². The van der Waals surface area contributed by atoms with Crippen molar-refractivity contribution in [2.45, 2.75) is 31.1 Å². The van der Waals surface area contributed by atoms with Gasteiger partial charge in [-0.3, -0.25) is 0 Å². The lowest BCUT2D eigenvalue weighted by Crippen LogP contribution is -2.30. The maximum absolute atomic E-state index is 12.8. The summed E-state index contributed by atoms with van der Waals surface area (Å²) in [5.74, 6) is 0.665. The minimum atomic E-state index is -3.52. The van der Waals surface area contributed by atoms with Gasteiger partial charge in [-0.2, -0.15) is 4.31 Å². The van der Waals surface area contributed by atoms with Gasteiger partial charge < -0.3 is 10.4 Å². The molecule has 2 rings (SSSR count). The van der Waals surface area contributed by atoms with Crippen molar-refractivity contribution in [1.82, 2.24) is 9.29 Å². The number of hydrogen-bond acceptors (Lipinski definition) is 5. The Labute approximate surface area is 126 Å². The van der Waals surface area contributed by atoms with Gasteiger partial charge in [0.05, 0.1) is 0 Å². The average Bonchev–Trinajstić information content (AvgIpc) is 2.95. The van der Waals surface area contributed by atoms with E-state index in [1.165, 1.54) is 4.31 Å². The molecule has 7 heteroatoms. The smallest absolute Gasteiger partial charge is 0.246 e. The quantitative estimate of drug-likeness (QED) is 0.793. The van der Waals surface area contributed by atoms with E-state index >= 15 is 0 Å². The zero-order chi connectivity index (χ0) is 15.3. The van der Waals surface area contributed by atoms with Crippen molar-refractivity contribution in [3.05, 3.63) is 18.3 Å². The van der Waals surface area contributed by atoms with Crippen LogP contribution in [0.3, 0.4) is 0 Å². The normalized spacial score (nSPS) is 19.8. The fraction of sp³-hybridized carbons (Fsp3) is 0.643. The first kappa shape index (κ1) is 16.2. The number of sulfonamides is 1. The third-order valence-corrected chi connectivity index (χ3v) is 5.61. The van der Waals surface area contributed by atoms with E-state index in [1.54, 1.807) is 18.3 Å². The predicted octanol–water partition coefficient (Wildman–Crippen LogP) is 1.30. The van der Waals surface area contributed by atoms with Gasteiger partial charge in [-0.1, -0.05) is 6.92 Å². The molecule has 0 saturated carbocycles. The molecule has 1 unspecified atom stereocenters. The van der Waals surface area contributed by atoms with Crippen LogP contribution < -0.4 is 5.32 Å². The maximum atomic E-state index is 12.8. The molecule has 1 saturated heterocycles. The van der Waals surface area contributed by atoms with Crippen molar-refractivity contribution in [3.63, 3.8) is 0 Å². The summed E-state index contributed by atoms with van der Waals surface area (Å²) in [5.41, 5.74) is 0. The van der Waals surface area contributed by atoms with Gasteiger partial charge in [-0.25, -0.2) is 13.4 Å². The van der Waals surface area contributed by atoms with E-state index in [0.717, 1.165) is 12.8 Å². The first-order valence-electron chi connectivity index (χ1n) is 7.39. The standard InChI is InChI=1S/C14H23N3O3S/c1-2-7-15-14-13(4-3-8-16-14)21(19,20)17-9-5-12(11-17)6-10-18/h3-4,8,12,18H,2,5-7,9-11H2,1H3,(H,15,16). The van der Waals surface area contributed by atoms with Crippen LogP contribution in [0.5, 0.6) is 0 Å². The summed E-state index contributed by atoms with van der Waals surface area (Å²) in [7, 11) is -3.52. The third kappa shape index (κ3) is 3.72. The second kappa shape index (κ2) is 7.20. The molecule has 1 atom stereocenters. The van der Waals surface area contributed by atoms with Crippen molar-refractivity contribution in [2.75, 3.05) is 31.6 Å². The van der Waals surface area contributed by atoms with Crippen molar-refractivity contribution in [1.29, 1.82) is 0 Å². The summed E-state index contributed by atoms with van der Waals surface area (Å²) in [6.07, 6.45) is 3.95. The summed E-state index contributed by atoms with van der Waals surface area (Å²) < 4.78 is 27.0. The van der Waals surface area contributed by atoms with Gasteiger partial charge in [0.25, 0.3) is 0 Å². The van der Waals surface area contributed by atoms with Crippen molar-refractivity contribution < 1.29 is 13.5 Å². The monoisotopic (exact) mass is 313 g/mol. The number of aliphatic hydroxyl groups is 1. The topological polar surface area (TPSA) is 82.5 Å². The number of hydrogen-bond donors (Lipinski definition) is 2. The number of nitrogens with one attached hydrogen (secondary N) is 1. The van der Waals surface area contributed by atoms with E-state index in [9.17, 15) is 8.42 Å². The molecule has 118 valence electrons. The first-order chi connectivity index (χ1) is 10.1. The number of rotatable bonds is 7. The SMILES string of the molecule is CCCNc1ncccc1S(=O)(=O)N1CCC(CCO)C1. The molecule has 21 heavy (non-hydrogen) atoms. The number of anilines is 1. The first-order valence-corrected chi connectivity index (χ1v) is 8.83. The van der Waals surface area contributed by atoms with Crippen molar-refractivity contribution in [3.8, 4) is 0 Å². The van der Waals surface area contributed by atoms with Crippen molar-refractivity contribution >= 4 is 15.8 Å². The highest BCUT2D eigenvalue weighted by atomic mass is 32.2. The Morgan fingerprint density at radius 1 is 1.52 bits per heavy atom. The van der Waals surface area contributed by atoms with Crippen LogP contribution in [0.2, 0.25) is 0 Å². The molecule has 1 fully saturated rings. The molecule has 6 nitrogen and oxygen atoms in total. The van der Waals surface area contributed by atoms with Crippen LogP contribution in [0, 0.1) is 5.92 Å². The lowest BCUT2D eigenvalue weighted by Gasteiger charge is -2.18. The molecule has 0 amide bonds. The molecular weight excluding hydrogens is 290 g/mol. The van der Waals surface area contributed by atoms with Gasteiger partial charge in [0.1, 0.15) is 10.7 Å². The van der Waals surface area contributed by atoms with Crippen LogP contribution in [-0.2, 0) is 10.0 Å². The van der Waals surface area contributed by atoms with Gasteiger partial charge in [-0.05, 0) is 37.3 Å². The molecule has 0 radical (unpaired) electrons. The Kier molecular flexibility index (Phi) is 5.55. The van der Waals surface area contributed by atoms with Gasteiger partial charge in [-0.15, -0.1) is 0 Å². The predicted molar refractivity (Wildman–Crippen MR) is 81.6 cm³/mol. The number of aliphatic hydroxyl groups excluding tert-OH is 1. The summed E-state index contributed by atoms with van der Waals surface area (Å²) >= 11 is 0. The lowest BCUT2D eigenvalue weighted by atomic mass is 10.1. The molecule has 1 aromatic heterocycles. The zero-order valence-corrected chi connectivity index (χ0v) is 13.1. The van der Waals surface area contributed by atoms with Crippen LogP contribution in [0.25, 0.3) is 0 Å². The Morgan fingerprint density at radius 3 is 3.05 bits per heavy atom. The van der Waals surface area contributed by atoms with E-state index < -0.39 is 10.0 Å². The minimum Gasteiger partial charge on any atom is -0.396 e. The summed E-state index contributed by atoms with van der Waals surface area (Å²) in [4.78, 5) is 4.39. The Morgan fingerprint density at radius 2 is 2.33 bits per heavy atom. The van der Waals surface area contributed by atoms with E-state index in [4.69, 9.17) is 5.11 Å². The fourth-order valence-corrected chi connectivity index (χ4v) is 4.20. The molecule has 1 aliphatic rings.